The van der Waals surface area contributed by atoms with Crippen LogP contribution >= 0.6 is 27.3 Å². The van der Waals surface area contributed by atoms with Crippen molar-refractivity contribution in [2.45, 2.75) is 19.3 Å². The van der Waals surface area contributed by atoms with Crippen molar-refractivity contribution in [1.82, 2.24) is 10.6 Å². The number of halogens is 1. The van der Waals surface area contributed by atoms with Gasteiger partial charge >= 0.3 is 12.0 Å². The van der Waals surface area contributed by atoms with Crippen molar-refractivity contribution in [3.8, 4) is 0 Å². The highest BCUT2D eigenvalue weighted by Gasteiger charge is 2.50. The zero-order valence-corrected chi connectivity index (χ0v) is 12.6. The summed E-state index contributed by atoms with van der Waals surface area (Å²) < 4.78 is 1.07. The van der Waals surface area contributed by atoms with E-state index >= 15 is 0 Å². The van der Waals surface area contributed by atoms with Gasteiger partial charge < -0.3 is 15.7 Å². The topological polar surface area (TPSA) is 78.4 Å². The molecule has 1 aromatic rings. The molecule has 19 heavy (non-hydrogen) atoms. The lowest BCUT2D eigenvalue weighted by Gasteiger charge is -2.11. The number of hydrogen-bond acceptors (Lipinski definition) is 3. The largest absolute Gasteiger partial charge is 0.481 e. The van der Waals surface area contributed by atoms with Gasteiger partial charge in [-0.1, -0.05) is 0 Å². The Bertz CT molecular complexity index is 485. The number of rotatable bonds is 6. The maximum atomic E-state index is 11.5. The minimum atomic E-state index is -0.823. The summed E-state index contributed by atoms with van der Waals surface area (Å²) in [7, 11) is 0. The van der Waals surface area contributed by atoms with Gasteiger partial charge in [-0.3, -0.25) is 4.79 Å². The van der Waals surface area contributed by atoms with Crippen LogP contribution in [0, 0.1) is 5.41 Å². The number of carbonyl (C=O) groups excluding carboxylic acids is 1. The third-order valence-corrected chi connectivity index (χ3v) is 4.86. The Morgan fingerprint density at radius 3 is 2.63 bits per heavy atom. The molecule has 0 radical (unpaired) electrons. The molecule has 1 aliphatic carbocycles. The van der Waals surface area contributed by atoms with Gasteiger partial charge in [0.1, 0.15) is 0 Å². The lowest BCUT2D eigenvalue weighted by Crippen LogP contribution is -2.41. The molecule has 104 valence electrons. The Hall–Kier alpha value is -1.08. The van der Waals surface area contributed by atoms with Crippen LogP contribution in [0.3, 0.4) is 0 Å². The number of hydrogen-bond donors (Lipinski definition) is 3. The van der Waals surface area contributed by atoms with Crippen LogP contribution < -0.4 is 10.6 Å². The molecule has 0 spiro atoms. The molecule has 5 nitrogen and oxygen atoms in total. The third-order valence-electron chi connectivity index (χ3n) is 3.18. The van der Waals surface area contributed by atoms with Crippen LogP contribution in [0.5, 0.6) is 0 Å². The first kappa shape index (κ1) is 14.3. The summed E-state index contributed by atoms with van der Waals surface area (Å²) >= 11 is 5.02. The number of carboxylic acid groups (broad SMARTS) is 1. The minimum Gasteiger partial charge on any atom is -0.481 e. The first-order valence-electron chi connectivity index (χ1n) is 6.01. The molecule has 7 heteroatoms. The number of thiophene rings is 1. The molecule has 1 fully saturated rings. The van der Waals surface area contributed by atoms with E-state index in [4.69, 9.17) is 5.11 Å². The Morgan fingerprint density at radius 1 is 1.37 bits per heavy atom. The van der Waals surface area contributed by atoms with Gasteiger partial charge in [0.25, 0.3) is 0 Å². The van der Waals surface area contributed by atoms with E-state index in [2.05, 4.69) is 26.6 Å². The predicted molar refractivity (Wildman–Crippen MR) is 76.4 cm³/mol. The van der Waals surface area contributed by atoms with Gasteiger partial charge in [0.2, 0.25) is 0 Å². The number of amides is 2. The summed E-state index contributed by atoms with van der Waals surface area (Å²) in [5, 5.41) is 14.3. The molecule has 0 aromatic carbocycles. The van der Waals surface area contributed by atoms with Crippen LogP contribution in [-0.4, -0.2) is 30.2 Å². The number of aliphatic carboxylic acids is 1. The number of nitrogens with one attached hydrogen (secondary N) is 2. The maximum absolute atomic E-state index is 11.5. The summed E-state index contributed by atoms with van der Waals surface area (Å²) in [5.41, 5.74) is -0.712. The van der Waals surface area contributed by atoms with E-state index in [1.165, 1.54) is 4.88 Å². The summed E-state index contributed by atoms with van der Waals surface area (Å²) in [6.45, 7) is 0.748. The SMILES string of the molecule is O=C(NCCc1ccc(Br)s1)NCC1(C(=O)O)CC1. The normalized spacial score (nSPS) is 15.8. The average Bonchev–Trinajstić information content (AvgIpc) is 3.05. The third kappa shape index (κ3) is 3.94. The van der Waals surface area contributed by atoms with Crippen molar-refractivity contribution in [2.24, 2.45) is 5.41 Å². The number of urea groups is 1. The van der Waals surface area contributed by atoms with Crippen LogP contribution in [0.1, 0.15) is 17.7 Å². The Balaban J connectivity index is 1.64. The maximum Gasteiger partial charge on any atom is 0.314 e. The summed E-state index contributed by atoms with van der Waals surface area (Å²) in [6, 6.07) is 3.69. The standard InChI is InChI=1S/C12H15BrN2O3S/c13-9-2-1-8(19-9)3-6-14-11(18)15-7-12(4-5-12)10(16)17/h1-2H,3-7H2,(H,16,17)(H2,14,15,18). The van der Waals surface area contributed by atoms with Crippen LogP contribution in [0.15, 0.2) is 15.9 Å². The van der Waals surface area contributed by atoms with E-state index in [9.17, 15) is 9.59 Å². The quantitative estimate of drug-likeness (QED) is 0.738. The van der Waals surface area contributed by atoms with Crippen molar-refractivity contribution in [3.63, 3.8) is 0 Å². The van der Waals surface area contributed by atoms with Crippen molar-refractivity contribution in [3.05, 3.63) is 20.8 Å². The highest BCUT2D eigenvalue weighted by atomic mass is 79.9. The first-order chi connectivity index (χ1) is 9.02. The molecule has 0 bridgehead atoms. The van der Waals surface area contributed by atoms with Crippen LogP contribution in [0.4, 0.5) is 4.79 Å². The molecular formula is C12H15BrN2O3S. The van der Waals surface area contributed by atoms with Crippen molar-refractivity contribution >= 4 is 39.3 Å². The molecule has 1 heterocycles. The second kappa shape index (κ2) is 5.92. The van der Waals surface area contributed by atoms with Gasteiger partial charge in [0.15, 0.2) is 0 Å². The van der Waals surface area contributed by atoms with Crippen LogP contribution in [0.25, 0.3) is 0 Å². The molecule has 0 aliphatic heterocycles. The van der Waals surface area contributed by atoms with Gasteiger partial charge in [-0.25, -0.2) is 4.79 Å². The van der Waals surface area contributed by atoms with E-state index in [0.717, 1.165) is 10.2 Å². The fourth-order valence-corrected chi connectivity index (χ4v) is 3.20. The highest BCUT2D eigenvalue weighted by Crippen LogP contribution is 2.45. The molecule has 1 aliphatic rings. The number of carboxylic acids is 1. The van der Waals surface area contributed by atoms with Gasteiger partial charge in [0.05, 0.1) is 9.20 Å². The monoisotopic (exact) mass is 346 g/mol. The molecule has 2 amide bonds. The van der Waals surface area contributed by atoms with E-state index in [1.807, 2.05) is 12.1 Å². The molecule has 0 unspecified atom stereocenters. The van der Waals surface area contributed by atoms with Crippen LogP contribution in [0.2, 0.25) is 0 Å². The summed E-state index contributed by atoms with van der Waals surface area (Å²) in [4.78, 5) is 23.6. The predicted octanol–water partition coefficient (Wildman–Crippen LogP) is 2.22. The van der Waals surface area contributed by atoms with Crippen molar-refractivity contribution in [1.29, 1.82) is 0 Å². The first-order valence-corrected chi connectivity index (χ1v) is 7.62. The Kier molecular flexibility index (Phi) is 4.46. The average molecular weight is 347 g/mol. The number of carbonyl (C=O) groups is 2. The smallest absolute Gasteiger partial charge is 0.314 e. The van der Waals surface area contributed by atoms with E-state index in [0.29, 0.717) is 19.4 Å². The fraction of sp³-hybridized carbons (Fsp3) is 0.500. The lowest BCUT2D eigenvalue weighted by molar-refractivity contribution is -0.143. The van der Waals surface area contributed by atoms with Gasteiger partial charge in [-0.2, -0.15) is 0 Å². The highest BCUT2D eigenvalue weighted by molar-refractivity contribution is 9.11. The van der Waals surface area contributed by atoms with Gasteiger partial charge in [0, 0.05) is 18.0 Å². The molecule has 0 saturated heterocycles. The zero-order chi connectivity index (χ0) is 13.9. The Morgan fingerprint density at radius 2 is 2.11 bits per heavy atom. The van der Waals surface area contributed by atoms with Gasteiger partial charge in [-0.15, -0.1) is 11.3 Å². The molecule has 1 aromatic heterocycles. The second-order valence-electron chi connectivity index (χ2n) is 4.65. The molecule has 3 N–H and O–H groups in total. The van der Waals surface area contributed by atoms with E-state index < -0.39 is 11.4 Å². The van der Waals surface area contributed by atoms with E-state index in [-0.39, 0.29) is 12.6 Å². The van der Waals surface area contributed by atoms with Crippen LogP contribution in [-0.2, 0) is 11.2 Å². The van der Waals surface area contributed by atoms with Crippen molar-refractivity contribution in [2.75, 3.05) is 13.1 Å². The van der Waals surface area contributed by atoms with E-state index in [1.54, 1.807) is 11.3 Å². The summed E-state index contributed by atoms with van der Waals surface area (Å²) in [5.74, 6) is -0.823. The molecule has 2 rings (SSSR count). The fourth-order valence-electron chi connectivity index (χ4n) is 1.71. The summed E-state index contributed by atoms with van der Waals surface area (Å²) in [6.07, 6.45) is 2.06. The van der Waals surface area contributed by atoms with Crippen molar-refractivity contribution < 1.29 is 14.7 Å². The Labute approximate surface area is 123 Å². The molecule has 1 saturated carbocycles. The zero-order valence-electron chi connectivity index (χ0n) is 10.2. The molecular weight excluding hydrogens is 332 g/mol. The molecule has 0 atom stereocenters. The minimum absolute atomic E-state index is 0.207. The lowest BCUT2D eigenvalue weighted by atomic mass is 10.1. The second-order valence-corrected chi connectivity index (χ2v) is 7.20. The van der Waals surface area contributed by atoms with Gasteiger partial charge in [-0.05, 0) is 47.3 Å².